The number of hydrogen-bond acceptors (Lipinski definition) is 0. The number of rotatable bonds is 0. The second kappa shape index (κ2) is 16.7. The van der Waals surface area contributed by atoms with Crippen LogP contribution in [0.1, 0.15) is 0 Å². The summed E-state index contributed by atoms with van der Waals surface area (Å²) in [5.41, 5.74) is 0. The molecule has 0 N–H and O–H groups in total. The Morgan fingerprint density at radius 1 is 1.00 bits per heavy atom. The molecule has 0 atom stereocenters. The van der Waals surface area contributed by atoms with Crippen molar-refractivity contribution in [3.8, 4) is 0 Å². The minimum Gasteiger partial charge on any atom is -0.197 e. The molecular weight excluding hydrogens is 262 g/mol. The van der Waals surface area contributed by atoms with E-state index in [2.05, 4.69) is 0 Å². The third-order valence-electron chi connectivity index (χ3n) is 0. The van der Waals surface area contributed by atoms with Crippen LogP contribution in [0.15, 0.2) is 0 Å². The van der Waals surface area contributed by atoms with Crippen LogP contribution < -0.4 is 0 Å². The Balaban J connectivity index is 0. The van der Waals surface area contributed by atoms with Gasteiger partial charge in [-0.1, -0.05) is 0 Å². The molecule has 0 spiro atoms. The minimum atomic E-state index is 0. The second-order valence-corrected chi connectivity index (χ2v) is 0. The van der Waals surface area contributed by atoms with E-state index in [4.69, 9.17) is 0 Å². The SMILES string of the molecule is S.[Ga].[Ge].[Sr]. The summed E-state index contributed by atoms with van der Waals surface area (Å²) >= 11 is 0. The zero-order chi connectivity index (χ0) is 0. The Bertz CT molecular complexity index is 8.00. The van der Waals surface area contributed by atoms with E-state index in [9.17, 15) is 0 Å². The summed E-state index contributed by atoms with van der Waals surface area (Å²) in [5.74, 6) is 0. The quantitative estimate of drug-likeness (QED) is 0.491. The normalized spacial score (nSPS) is 0. The van der Waals surface area contributed by atoms with Gasteiger partial charge in [0.2, 0.25) is 0 Å². The fraction of sp³-hybridized carbons (Fsp3) is 0. The van der Waals surface area contributed by atoms with Gasteiger partial charge in [-0.3, -0.25) is 0 Å². The molecular formula is H2GaGeSSr. The molecule has 17 valence electrons. The Labute approximate surface area is 94.2 Å². The van der Waals surface area contributed by atoms with E-state index in [1.54, 1.807) is 0 Å². The Morgan fingerprint density at radius 2 is 1.00 bits per heavy atom. The first-order chi connectivity index (χ1) is 0. The average molecular weight is 264 g/mol. The molecule has 0 heterocycles. The molecule has 4 heavy (non-hydrogen) atoms. The van der Waals surface area contributed by atoms with Crippen LogP contribution in [-0.4, -0.2) is 82.9 Å². The zero-order valence-corrected chi connectivity index (χ0v) is 11.3. The summed E-state index contributed by atoms with van der Waals surface area (Å²) in [6.07, 6.45) is 0. The first-order valence-corrected chi connectivity index (χ1v) is 0. The fourth-order valence-corrected chi connectivity index (χ4v) is 0. The largest absolute Gasteiger partial charge is 0.197 e. The molecule has 0 aromatic rings. The van der Waals surface area contributed by atoms with E-state index in [0.717, 1.165) is 0 Å². The average Bonchev–Trinajstić information content (AvgIpc) is 0. The maximum absolute atomic E-state index is 0. The van der Waals surface area contributed by atoms with Crippen LogP contribution in [-0.2, 0) is 0 Å². The second-order valence-electron chi connectivity index (χ2n) is 0. The van der Waals surface area contributed by atoms with Crippen molar-refractivity contribution in [2.24, 2.45) is 0 Å². The Hall–Kier alpha value is 3.01. The van der Waals surface area contributed by atoms with Crippen molar-refractivity contribution >= 4 is 96.4 Å². The molecule has 0 saturated heterocycles. The summed E-state index contributed by atoms with van der Waals surface area (Å²) in [5, 5.41) is 0. The van der Waals surface area contributed by atoms with Gasteiger partial charge in [0.25, 0.3) is 0 Å². The molecule has 9 radical (unpaired) electrons. The number of hydrogen-bond donors (Lipinski definition) is 0. The van der Waals surface area contributed by atoms with Gasteiger partial charge in [0.05, 0.1) is 0 Å². The molecule has 0 aliphatic rings. The maximum atomic E-state index is 0. The van der Waals surface area contributed by atoms with E-state index in [-0.39, 0.29) is 96.4 Å². The van der Waals surface area contributed by atoms with Gasteiger partial charge in [-0.05, 0) is 0 Å². The predicted molar refractivity (Wildman–Crippen MR) is 27.6 cm³/mol. The smallest absolute Gasteiger partial charge is 0 e. The summed E-state index contributed by atoms with van der Waals surface area (Å²) < 4.78 is 0. The van der Waals surface area contributed by atoms with Crippen molar-refractivity contribution in [2.45, 2.75) is 0 Å². The molecule has 0 rings (SSSR count). The Kier molecular flexibility index (Phi) is 116. The summed E-state index contributed by atoms with van der Waals surface area (Å²) in [7, 11) is 0. The molecule has 0 unspecified atom stereocenters. The van der Waals surface area contributed by atoms with Crippen molar-refractivity contribution in [1.82, 2.24) is 0 Å². The van der Waals surface area contributed by atoms with E-state index in [0.29, 0.717) is 0 Å². The standard InChI is InChI=1S/Ga.Ge.H2S.Sr/h;;1H2;. The van der Waals surface area contributed by atoms with E-state index in [1.807, 2.05) is 0 Å². The Morgan fingerprint density at radius 3 is 1.00 bits per heavy atom. The first-order valence-electron chi connectivity index (χ1n) is 0. The van der Waals surface area contributed by atoms with E-state index < -0.39 is 0 Å². The van der Waals surface area contributed by atoms with Crippen LogP contribution in [0.2, 0.25) is 0 Å². The molecule has 0 aliphatic carbocycles. The van der Waals surface area contributed by atoms with Crippen molar-refractivity contribution < 1.29 is 0 Å². The predicted octanol–water partition coefficient (Wildman–Crippen LogP) is -1.03. The van der Waals surface area contributed by atoms with Gasteiger partial charge in [-0.25, -0.2) is 0 Å². The van der Waals surface area contributed by atoms with Crippen LogP contribution in [0.25, 0.3) is 0 Å². The van der Waals surface area contributed by atoms with Gasteiger partial charge in [-0.2, -0.15) is 13.5 Å². The van der Waals surface area contributed by atoms with Gasteiger partial charge >= 0.3 is 0 Å². The van der Waals surface area contributed by atoms with E-state index in [1.165, 1.54) is 0 Å². The van der Waals surface area contributed by atoms with Gasteiger partial charge in [-0.15, -0.1) is 0 Å². The van der Waals surface area contributed by atoms with Gasteiger partial charge in [0, 0.05) is 82.9 Å². The van der Waals surface area contributed by atoms with Gasteiger partial charge < -0.3 is 0 Å². The van der Waals surface area contributed by atoms with Crippen molar-refractivity contribution in [3.63, 3.8) is 0 Å². The molecule has 0 nitrogen and oxygen atoms in total. The molecule has 4 heteroatoms. The molecule has 0 fully saturated rings. The minimum absolute atomic E-state index is 0. The molecule has 0 aromatic carbocycles. The van der Waals surface area contributed by atoms with Crippen molar-refractivity contribution in [1.29, 1.82) is 0 Å². The first kappa shape index (κ1) is 27.9. The molecule has 0 aromatic heterocycles. The van der Waals surface area contributed by atoms with Crippen LogP contribution in [0.3, 0.4) is 0 Å². The van der Waals surface area contributed by atoms with Crippen molar-refractivity contribution in [3.05, 3.63) is 0 Å². The summed E-state index contributed by atoms with van der Waals surface area (Å²) in [6, 6.07) is 0. The fourth-order valence-electron chi connectivity index (χ4n) is 0. The van der Waals surface area contributed by atoms with Crippen LogP contribution in [0.5, 0.6) is 0 Å². The van der Waals surface area contributed by atoms with Crippen LogP contribution in [0, 0.1) is 0 Å². The third-order valence-corrected chi connectivity index (χ3v) is 0. The molecule has 0 saturated carbocycles. The molecule has 0 amide bonds. The molecule has 0 bridgehead atoms. The molecule has 0 aliphatic heterocycles. The van der Waals surface area contributed by atoms with Gasteiger partial charge in [0.15, 0.2) is 0 Å². The summed E-state index contributed by atoms with van der Waals surface area (Å²) in [4.78, 5) is 0. The zero-order valence-electron chi connectivity index (χ0n) is 2.28. The van der Waals surface area contributed by atoms with Crippen LogP contribution >= 0.6 is 13.5 Å². The van der Waals surface area contributed by atoms with Crippen LogP contribution in [0.4, 0.5) is 0 Å². The van der Waals surface area contributed by atoms with Gasteiger partial charge in [0.1, 0.15) is 0 Å². The van der Waals surface area contributed by atoms with E-state index >= 15 is 0 Å². The van der Waals surface area contributed by atoms with Crippen molar-refractivity contribution in [2.75, 3.05) is 0 Å². The summed E-state index contributed by atoms with van der Waals surface area (Å²) in [6.45, 7) is 0. The maximum Gasteiger partial charge on any atom is 0 e. The monoisotopic (exact) mass is 265 g/mol. The third kappa shape index (κ3) is 8.89. The topological polar surface area (TPSA) is 0 Å².